The summed E-state index contributed by atoms with van der Waals surface area (Å²) in [6.07, 6.45) is 2.70. The third-order valence-electron chi connectivity index (χ3n) is 7.21. The number of sulfonamides is 1. The molecule has 0 saturated carbocycles. The zero-order valence-corrected chi connectivity index (χ0v) is 24.2. The third kappa shape index (κ3) is 4.86. The van der Waals surface area contributed by atoms with Crippen molar-refractivity contribution in [1.29, 1.82) is 0 Å². The van der Waals surface area contributed by atoms with Gasteiger partial charge in [0.15, 0.2) is 11.6 Å². The number of nitrogens with one attached hydrogen (secondary N) is 2. The zero-order valence-electron chi connectivity index (χ0n) is 23.4. The molecule has 0 atom stereocenters. The van der Waals surface area contributed by atoms with E-state index in [-0.39, 0.29) is 5.82 Å². The molecule has 9 nitrogen and oxygen atoms in total. The van der Waals surface area contributed by atoms with Crippen molar-refractivity contribution in [2.45, 2.75) is 6.54 Å². The maximum Gasteiger partial charge on any atom is 0.232 e. The third-order valence-corrected chi connectivity index (χ3v) is 8.40. The minimum absolute atomic E-state index is 0.303. The predicted molar refractivity (Wildman–Crippen MR) is 162 cm³/mol. The molecule has 3 aromatic heterocycles. The van der Waals surface area contributed by atoms with Gasteiger partial charge >= 0.3 is 0 Å². The van der Waals surface area contributed by atoms with Crippen molar-refractivity contribution in [1.82, 2.24) is 20.3 Å². The largest absolute Gasteiger partial charge is 0.493 e. The second kappa shape index (κ2) is 10.6. The molecule has 0 unspecified atom stereocenters. The highest BCUT2D eigenvalue weighted by atomic mass is 32.2. The second-order valence-electron chi connectivity index (χ2n) is 9.92. The minimum atomic E-state index is -3.67. The Morgan fingerprint density at radius 1 is 1.10 bits per heavy atom. The van der Waals surface area contributed by atoms with Crippen LogP contribution in [0.4, 0.5) is 10.1 Å². The van der Waals surface area contributed by atoms with Gasteiger partial charge in [-0.25, -0.2) is 22.8 Å². The van der Waals surface area contributed by atoms with Crippen molar-refractivity contribution in [3.8, 4) is 39.8 Å². The first-order valence-corrected chi connectivity index (χ1v) is 15.0. The lowest BCUT2D eigenvalue weighted by atomic mass is 10.0. The van der Waals surface area contributed by atoms with Crippen molar-refractivity contribution in [2.75, 3.05) is 31.8 Å². The smallest absolute Gasteiger partial charge is 0.232 e. The van der Waals surface area contributed by atoms with Crippen LogP contribution in [0.5, 0.6) is 5.75 Å². The fraction of sp³-hybridized carbons (Fsp3) is 0.161. The predicted octanol–water partition coefficient (Wildman–Crippen LogP) is 5.97. The first kappa shape index (κ1) is 27.4. The summed E-state index contributed by atoms with van der Waals surface area (Å²) in [6.45, 7) is 0.449. The van der Waals surface area contributed by atoms with Crippen LogP contribution in [0.25, 0.3) is 56.0 Å². The quantitative estimate of drug-likeness (QED) is 0.226. The van der Waals surface area contributed by atoms with Gasteiger partial charge in [-0.1, -0.05) is 18.2 Å². The number of furan rings is 1. The molecule has 2 N–H and O–H groups in total. The monoisotopic (exact) mass is 585 g/mol. The standard InChI is InChI=1S/C31H28FN5O4S/c1-33-16-23-21-14-22(31-34-17-28(40-3)29(36-31)25-13-19-7-5-6-8-24(19)35-25)26(37(2)42(4,38)39)15-27(21)41-30(23)18-9-11-20(32)12-10-18/h5-15,17,33,35H,16H2,1-4H3. The number of anilines is 1. The fourth-order valence-corrected chi connectivity index (χ4v) is 5.54. The van der Waals surface area contributed by atoms with Crippen LogP contribution in [-0.2, 0) is 16.6 Å². The number of halogens is 1. The molecule has 214 valence electrons. The molecule has 6 aromatic rings. The molecule has 42 heavy (non-hydrogen) atoms. The van der Waals surface area contributed by atoms with Gasteiger partial charge in [0.25, 0.3) is 0 Å². The average Bonchev–Trinajstić information content (AvgIpc) is 3.57. The summed E-state index contributed by atoms with van der Waals surface area (Å²) >= 11 is 0. The number of para-hydroxylation sites is 1. The lowest BCUT2D eigenvalue weighted by Crippen LogP contribution is -2.25. The Morgan fingerprint density at radius 2 is 1.86 bits per heavy atom. The van der Waals surface area contributed by atoms with Gasteiger partial charge in [0, 0.05) is 52.6 Å². The number of hydrogen-bond acceptors (Lipinski definition) is 7. The summed E-state index contributed by atoms with van der Waals surface area (Å²) in [6, 6.07) is 19.4. The van der Waals surface area contributed by atoms with Gasteiger partial charge < -0.3 is 19.5 Å². The molecule has 0 aliphatic carbocycles. The lowest BCUT2D eigenvalue weighted by molar-refractivity contribution is 0.412. The fourth-order valence-electron chi connectivity index (χ4n) is 5.03. The molecule has 0 aliphatic heterocycles. The molecule has 6 rings (SSSR count). The van der Waals surface area contributed by atoms with E-state index >= 15 is 0 Å². The molecular formula is C31H28FN5O4S. The van der Waals surface area contributed by atoms with Gasteiger partial charge in [-0.3, -0.25) is 4.31 Å². The van der Waals surface area contributed by atoms with Crippen LogP contribution in [-0.4, -0.2) is 50.8 Å². The van der Waals surface area contributed by atoms with E-state index in [1.165, 1.54) is 23.5 Å². The van der Waals surface area contributed by atoms with Crippen molar-refractivity contribution in [3.63, 3.8) is 0 Å². The molecule has 0 amide bonds. The molecule has 0 spiro atoms. The normalized spacial score (nSPS) is 11.8. The number of hydrogen-bond donors (Lipinski definition) is 2. The molecule has 3 heterocycles. The van der Waals surface area contributed by atoms with Crippen molar-refractivity contribution >= 4 is 37.6 Å². The van der Waals surface area contributed by atoms with E-state index in [0.29, 0.717) is 52.0 Å². The molecule has 11 heteroatoms. The summed E-state index contributed by atoms with van der Waals surface area (Å²) in [4.78, 5) is 12.8. The molecule has 3 aromatic carbocycles. The molecular weight excluding hydrogens is 557 g/mol. The van der Waals surface area contributed by atoms with E-state index in [9.17, 15) is 12.8 Å². The summed E-state index contributed by atoms with van der Waals surface area (Å²) in [5.74, 6) is 0.963. The summed E-state index contributed by atoms with van der Waals surface area (Å²) in [7, 11) is 1.17. The molecule has 0 radical (unpaired) electrons. The highest BCUT2D eigenvalue weighted by Crippen LogP contribution is 2.41. The van der Waals surface area contributed by atoms with Crippen molar-refractivity contribution in [2.24, 2.45) is 0 Å². The maximum absolute atomic E-state index is 13.7. The van der Waals surface area contributed by atoms with E-state index in [1.807, 2.05) is 43.4 Å². The Labute approximate surface area is 242 Å². The van der Waals surface area contributed by atoms with E-state index in [0.717, 1.165) is 33.8 Å². The molecule has 0 saturated heterocycles. The summed E-state index contributed by atoms with van der Waals surface area (Å²) < 4.78 is 52.3. The Hall–Kier alpha value is -4.74. The Bertz CT molecular complexity index is 2020. The van der Waals surface area contributed by atoms with Crippen LogP contribution >= 0.6 is 0 Å². The van der Waals surface area contributed by atoms with E-state index in [1.54, 1.807) is 31.5 Å². The first-order valence-electron chi connectivity index (χ1n) is 13.1. The lowest BCUT2D eigenvalue weighted by Gasteiger charge is -2.20. The van der Waals surface area contributed by atoms with Gasteiger partial charge in [-0.2, -0.15) is 0 Å². The topological polar surface area (TPSA) is 113 Å². The number of fused-ring (bicyclic) bond motifs is 2. The number of H-pyrrole nitrogens is 1. The van der Waals surface area contributed by atoms with E-state index in [2.05, 4.69) is 15.3 Å². The number of ether oxygens (including phenoxy) is 1. The molecule has 0 bridgehead atoms. The number of aromatic nitrogens is 3. The number of nitrogens with zero attached hydrogens (tertiary/aromatic N) is 3. The molecule has 0 fully saturated rings. The summed E-state index contributed by atoms with van der Waals surface area (Å²) in [5.41, 5.74) is 5.02. The number of rotatable bonds is 8. The maximum atomic E-state index is 13.7. The van der Waals surface area contributed by atoms with Gasteiger partial charge in [0.2, 0.25) is 10.0 Å². The minimum Gasteiger partial charge on any atom is -0.493 e. The van der Waals surface area contributed by atoms with Crippen LogP contribution in [0.3, 0.4) is 0 Å². The van der Waals surface area contributed by atoms with Gasteiger partial charge in [-0.15, -0.1) is 0 Å². The zero-order chi connectivity index (χ0) is 29.6. The van der Waals surface area contributed by atoms with Crippen LogP contribution in [0.1, 0.15) is 5.56 Å². The van der Waals surface area contributed by atoms with Crippen molar-refractivity contribution < 1.29 is 22.0 Å². The number of aromatic amines is 1. The summed E-state index contributed by atoms with van der Waals surface area (Å²) in [5, 5.41) is 4.93. The Kier molecular flexibility index (Phi) is 6.91. The van der Waals surface area contributed by atoms with Crippen LogP contribution in [0.15, 0.2) is 77.3 Å². The first-order chi connectivity index (χ1) is 20.2. The highest BCUT2D eigenvalue weighted by Gasteiger charge is 2.25. The molecule has 0 aliphatic rings. The Morgan fingerprint density at radius 3 is 2.55 bits per heavy atom. The van der Waals surface area contributed by atoms with E-state index in [4.69, 9.17) is 14.1 Å². The Balaban J connectivity index is 1.61. The van der Waals surface area contributed by atoms with Crippen molar-refractivity contribution in [3.05, 3.63) is 84.3 Å². The number of benzene rings is 3. The average molecular weight is 586 g/mol. The number of methoxy groups -OCH3 is 1. The van der Waals surface area contributed by atoms with Crippen LogP contribution in [0.2, 0.25) is 0 Å². The van der Waals surface area contributed by atoms with Gasteiger partial charge in [0.1, 0.15) is 22.9 Å². The van der Waals surface area contributed by atoms with Gasteiger partial charge in [-0.05, 0) is 49.5 Å². The second-order valence-corrected chi connectivity index (χ2v) is 11.9. The highest BCUT2D eigenvalue weighted by molar-refractivity contribution is 7.92. The van der Waals surface area contributed by atoms with Crippen LogP contribution in [0, 0.1) is 5.82 Å². The van der Waals surface area contributed by atoms with E-state index < -0.39 is 10.0 Å². The van der Waals surface area contributed by atoms with Crippen LogP contribution < -0.4 is 14.4 Å². The van der Waals surface area contributed by atoms with Gasteiger partial charge in [0.05, 0.1) is 30.9 Å². The SMILES string of the molecule is CNCc1c(-c2ccc(F)cc2)oc2cc(N(C)S(C)(=O)=O)c(-c3ncc(OC)c(-c4cc5ccccc5[nH]4)n3)cc12.